The Bertz CT molecular complexity index is 756. The molecule has 0 spiro atoms. The third kappa shape index (κ3) is 3.84. The van der Waals surface area contributed by atoms with E-state index < -0.39 is 10.0 Å². The lowest BCUT2D eigenvalue weighted by Crippen LogP contribution is -2.16. The van der Waals surface area contributed by atoms with Gasteiger partial charge in [0, 0.05) is 16.9 Å². The van der Waals surface area contributed by atoms with Crippen LogP contribution in [0.15, 0.2) is 33.9 Å². The molecule has 2 N–H and O–H groups in total. The van der Waals surface area contributed by atoms with Gasteiger partial charge in [0.05, 0.1) is 6.54 Å². The maximum atomic E-state index is 11.7. The van der Waals surface area contributed by atoms with Crippen molar-refractivity contribution in [2.45, 2.75) is 25.3 Å². The topological polar surface area (TPSA) is 87.2 Å². The van der Waals surface area contributed by atoms with E-state index in [0.717, 1.165) is 5.82 Å². The molecule has 1 aromatic carbocycles. The molecule has 114 valence electrons. The third-order valence-corrected chi connectivity index (χ3v) is 4.39. The second-order valence-electron chi connectivity index (χ2n) is 4.61. The molecule has 0 amide bonds. The predicted molar refractivity (Wildman–Crippen MR) is 82.7 cm³/mol. The summed E-state index contributed by atoms with van der Waals surface area (Å²) in [6, 6.07) is 3.23. The minimum atomic E-state index is -3.85. The van der Waals surface area contributed by atoms with E-state index in [2.05, 4.69) is 20.9 Å². The first-order chi connectivity index (χ1) is 9.79. The summed E-state index contributed by atoms with van der Waals surface area (Å²) in [5.74, 6) is 1.16. The Morgan fingerprint density at radius 3 is 2.67 bits per heavy atom. The number of halogens is 1. The zero-order valence-electron chi connectivity index (χ0n) is 11.7. The van der Waals surface area contributed by atoms with Crippen LogP contribution < -0.4 is 9.88 Å². The molecule has 0 bridgehead atoms. The quantitative estimate of drug-likeness (QED) is 0.867. The van der Waals surface area contributed by atoms with Gasteiger partial charge in [0.1, 0.15) is 23.1 Å². The van der Waals surface area contributed by atoms with Crippen molar-refractivity contribution in [2.75, 3.05) is 6.61 Å². The van der Waals surface area contributed by atoms with E-state index >= 15 is 0 Å². The van der Waals surface area contributed by atoms with E-state index in [1.165, 1.54) is 6.07 Å². The fraction of sp³-hybridized carbons (Fsp3) is 0.308. The number of nitrogens with two attached hydrogens (primary N) is 1. The van der Waals surface area contributed by atoms with Crippen molar-refractivity contribution >= 4 is 26.0 Å². The minimum Gasteiger partial charge on any atom is -0.490 e. The van der Waals surface area contributed by atoms with Gasteiger partial charge in [-0.05, 0) is 31.5 Å². The van der Waals surface area contributed by atoms with Crippen molar-refractivity contribution in [1.82, 2.24) is 9.55 Å². The molecule has 8 heteroatoms. The van der Waals surface area contributed by atoms with Crippen LogP contribution in [0.1, 0.15) is 11.4 Å². The van der Waals surface area contributed by atoms with Crippen molar-refractivity contribution < 1.29 is 13.2 Å². The Morgan fingerprint density at radius 2 is 2.10 bits per heavy atom. The molecular formula is C13H16BrN3O3S. The Balaban J connectivity index is 2.22. The number of nitrogens with zero attached hydrogens (tertiary/aromatic N) is 2. The van der Waals surface area contributed by atoms with E-state index in [1.807, 2.05) is 17.7 Å². The van der Waals surface area contributed by atoms with Crippen molar-refractivity contribution in [3.8, 4) is 5.75 Å². The van der Waals surface area contributed by atoms with E-state index in [4.69, 9.17) is 9.88 Å². The van der Waals surface area contributed by atoms with Crippen LogP contribution in [-0.2, 0) is 16.6 Å². The lowest BCUT2D eigenvalue weighted by molar-refractivity contribution is 0.288. The molecule has 1 aromatic heterocycles. The number of imidazole rings is 1. The van der Waals surface area contributed by atoms with Crippen molar-refractivity contribution in [1.29, 1.82) is 0 Å². The summed E-state index contributed by atoms with van der Waals surface area (Å²) in [7, 11) is -3.85. The molecule has 6 nitrogen and oxygen atoms in total. The van der Waals surface area contributed by atoms with Crippen LogP contribution in [0.4, 0.5) is 0 Å². The largest absolute Gasteiger partial charge is 0.490 e. The molecule has 0 unspecified atom stereocenters. The van der Waals surface area contributed by atoms with E-state index in [1.54, 1.807) is 19.2 Å². The maximum Gasteiger partial charge on any atom is 0.241 e. The number of rotatable bonds is 5. The molecule has 0 aliphatic heterocycles. The first kappa shape index (κ1) is 16.0. The first-order valence-electron chi connectivity index (χ1n) is 6.22. The zero-order chi connectivity index (χ0) is 15.6. The normalized spacial score (nSPS) is 11.6. The van der Waals surface area contributed by atoms with E-state index in [-0.39, 0.29) is 4.90 Å². The van der Waals surface area contributed by atoms with Gasteiger partial charge in [-0.25, -0.2) is 18.5 Å². The van der Waals surface area contributed by atoms with Crippen LogP contribution in [0.5, 0.6) is 5.75 Å². The summed E-state index contributed by atoms with van der Waals surface area (Å²) in [4.78, 5) is 4.10. The number of benzene rings is 1. The van der Waals surface area contributed by atoms with Gasteiger partial charge in [-0.2, -0.15) is 0 Å². The molecule has 2 aromatic rings. The molecule has 0 radical (unpaired) electrons. The number of hydrogen-bond donors (Lipinski definition) is 1. The van der Waals surface area contributed by atoms with Gasteiger partial charge in [-0.15, -0.1) is 0 Å². The number of primary sulfonamides is 1. The van der Waals surface area contributed by atoms with Crippen molar-refractivity contribution in [3.05, 3.63) is 40.4 Å². The van der Waals surface area contributed by atoms with Crippen LogP contribution in [-0.4, -0.2) is 24.6 Å². The standard InChI is InChI=1S/C13H16BrN3O3S/c1-9-7-11(14)8-12(21(15,18)19)13(9)20-6-5-17-4-3-16-10(17)2/h3-4,7-8H,5-6H2,1-2H3,(H2,15,18,19). The third-order valence-electron chi connectivity index (χ3n) is 3.01. The van der Waals surface area contributed by atoms with Gasteiger partial charge >= 0.3 is 0 Å². The Hall–Kier alpha value is -1.38. The second kappa shape index (κ2) is 6.17. The van der Waals surface area contributed by atoms with Crippen LogP contribution in [0.3, 0.4) is 0 Å². The highest BCUT2D eigenvalue weighted by Gasteiger charge is 2.18. The lowest BCUT2D eigenvalue weighted by atomic mass is 10.2. The molecule has 0 atom stereocenters. The molecule has 2 rings (SSSR count). The van der Waals surface area contributed by atoms with Crippen LogP contribution in [0.25, 0.3) is 0 Å². The summed E-state index contributed by atoms with van der Waals surface area (Å²) in [5, 5.41) is 5.24. The monoisotopic (exact) mass is 373 g/mol. The molecule has 1 heterocycles. The van der Waals surface area contributed by atoms with Gasteiger partial charge < -0.3 is 9.30 Å². The van der Waals surface area contributed by atoms with Crippen LogP contribution >= 0.6 is 15.9 Å². The minimum absolute atomic E-state index is 0.0169. The average Bonchev–Trinajstić information content (AvgIpc) is 2.76. The number of aromatic nitrogens is 2. The average molecular weight is 374 g/mol. The fourth-order valence-electron chi connectivity index (χ4n) is 1.98. The molecular weight excluding hydrogens is 358 g/mol. The summed E-state index contributed by atoms with van der Waals surface area (Å²) in [6.07, 6.45) is 3.55. The SMILES string of the molecule is Cc1cc(Br)cc(S(N)(=O)=O)c1OCCn1ccnc1C. The van der Waals surface area contributed by atoms with Gasteiger partial charge in [0.15, 0.2) is 0 Å². The second-order valence-corrected chi connectivity index (χ2v) is 7.06. The Morgan fingerprint density at radius 1 is 1.38 bits per heavy atom. The maximum absolute atomic E-state index is 11.7. The molecule has 21 heavy (non-hydrogen) atoms. The highest BCUT2D eigenvalue weighted by atomic mass is 79.9. The molecule has 0 saturated carbocycles. The van der Waals surface area contributed by atoms with Gasteiger partial charge in [-0.3, -0.25) is 0 Å². The predicted octanol–water partition coefficient (Wildman–Crippen LogP) is 1.99. The lowest BCUT2D eigenvalue weighted by Gasteiger charge is -2.14. The number of aryl methyl sites for hydroxylation is 2. The van der Waals surface area contributed by atoms with Gasteiger partial charge in [-0.1, -0.05) is 15.9 Å². The van der Waals surface area contributed by atoms with Gasteiger partial charge in [0.25, 0.3) is 0 Å². The summed E-state index contributed by atoms with van der Waals surface area (Å²) in [6.45, 7) is 4.56. The molecule has 0 aliphatic rings. The van der Waals surface area contributed by atoms with Crippen molar-refractivity contribution in [3.63, 3.8) is 0 Å². The highest BCUT2D eigenvalue weighted by molar-refractivity contribution is 9.10. The first-order valence-corrected chi connectivity index (χ1v) is 8.56. The summed E-state index contributed by atoms with van der Waals surface area (Å²) < 4.78 is 31.5. The van der Waals surface area contributed by atoms with Crippen LogP contribution in [0, 0.1) is 13.8 Å². The van der Waals surface area contributed by atoms with E-state index in [9.17, 15) is 8.42 Å². The number of sulfonamides is 1. The molecule has 0 fully saturated rings. The fourth-order valence-corrected chi connectivity index (χ4v) is 3.47. The molecule has 0 aliphatic carbocycles. The van der Waals surface area contributed by atoms with E-state index in [0.29, 0.717) is 28.9 Å². The van der Waals surface area contributed by atoms with Gasteiger partial charge in [0.2, 0.25) is 10.0 Å². The molecule has 0 saturated heterocycles. The smallest absolute Gasteiger partial charge is 0.241 e. The van der Waals surface area contributed by atoms with Crippen LogP contribution in [0.2, 0.25) is 0 Å². The number of hydrogen-bond acceptors (Lipinski definition) is 4. The summed E-state index contributed by atoms with van der Waals surface area (Å²) >= 11 is 3.26. The summed E-state index contributed by atoms with van der Waals surface area (Å²) in [5.41, 5.74) is 0.704. The Labute approximate surface area is 132 Å². The number of ether oxygens (including phenoxy) is 1. The highest BCUT2D eigenvalue weighted by Crippen LogP contribution is 2.30. The Kier molecular flexibility index (Phi) is 4.70. The van der Waals surface area contributed by atoms with Crippen molar-refractivity contribution in [2.24, 2.45) is 5.14 Å². The zero-order valence-corrected chi connectivity index (χ0v) is 14.1.